The summed E-state index contributed by atoms with van der Waals surface area (Å²) in [6.45, 7) is 10.3. The average Bonchev–Trinajstić information content (AvgIpc) is 2.97. The van der Waals surface area contributed by atoms with Crippen molar-refractivity contribution in [2.24, 2.45) is 7.05 Å². The Kier molecular flexibility index (Phi) is 5.71. The molecule has 1 saturated heterocycles. The highest BCUT2D eigenvalue weighted by Crippen LogP contribution is 2.20. The molecule has 1 aliphatic heterocycles. The predicted molar refractivity (Wildman–Crippen MR) is 102 cm³/mol. The van der Waals surface area contributed by atoms with Gasteiger partial charge in [0.2, 0.25) is 0 Å². The van der Waals surface area contributed by atoms with Crippen LogP contribution in [0.25, 0.3) is 0 Å². The van der Waals surface area contributed by atoms with Crippen LogP contribution in [-0.2, 0) is 20.1 Å². The van der Waals surface area contributed by atoms with Gasteiger partial charge in [0.05, 0.1) is 5.69 Å². The molecule has 0 aromatic carbocycles. The molecule has 0 unspecified atom stereocenters. The van der Waals surface area contributed by atoms with E-state index in [1.165, 1.54) is 16.8 Å². The lowest BCUT2D eigenvalue weighted by Gasteiger charge is -2.34. The molecule has 0 radical (unpaired) electrons. The molecular weight excluding hydrogens is 312 g/mol. The van der Waals surface area contributed by atoms with Crippen LogP contribution in [0.5, 0.6) is 0 Å². The topological polar surface area (TPSA) is 49.2 Å². The number of hydrogen-bond acceptors (Lipinski definition) is 5. The van der Waals surface area contributed by atoms with Crippen LogP contribution >= 0.6 is 0 Å². The van der Waals surface area contributed by atoms with Gasteiger partial charge in [-0.15, -0.1) is 0 Å². The normalized spacial score (nSPS) is 16.0. The quantitative estimate of drug-likeness (QED) is 0.870. The predicted octanol–water partition coefficient (Wildman–Crippen LogP) is 1.98. The van der Waals surface area contributed by atoms with Crippen LogP contribution in [0.4, 0.5) is 5.82 Å². The van der Waals surface area contributed by atoms with E-state index in [4.69, 9.17) is 0 Å². The molecule has 0 amide bonds. The van der Waals surface area contributed by atoms with Gasteiger partial charge in [0.15, 0.2) is 0 Å². The lowest BCUT2D eigenvalue weighted by molar-refractivity contribution is 0.311. The van der Waals surface area contributed by atoms with E-state index in [2.05, 4.69) is 58.4 Å². The maximum Gasteiger partial charge on any atom is 0.133 e. The molecule has 25 heavy (non-hydrogen) atoms. The molecule has 1 aliphatic rings. The third-order valence-corrected chi connectivity index (χ3v) is 4.79. The summed E-state index contributed by atoms with van der Waals surface area (Å²) in [5, 5.41) is 8.17. The molecule has 2 aromatic rings. The number of nitrogens with zero attached hydrogens (tertiary/aromatic N) is 5. The number of rotatable bonds is 6. The molecular formula is C19H30N6. The fourth-order valence-electron chi connectivity index (χ4n) is 3.38. The summed E-state index contributed by atoms with van der Waals surface area (Å²) in [5.74, 6) is 1.57. The maximum absolute atomic E-state index is 4.65. The molecule has 2 aromatic heterocycles. The van der Waals surface area contributed by atoms with E-state index in [0.29, 0.717) is 5.92 Å². The molecule has 6 nitrogen and oxygen atoms in total. The number of pyridine rings is 1. The first-order valence-electron chi connectivity index (χ1n) is 9.15. The van der Waals surface area contributed by atoms with Crippen molar-refractivity contribution in [1.82, 2.24) is 25.0 Å². The first kappa shape index (κ1) is 17.9. The first-order chi connectivity index (χ1) is 12.0. The first-order valence-corrected chi connectivity index (χ1v) is 9.15. The number of piperazine rings is 1. The van der Waals surface area contributed by atoms with Gasteiger partial charge in [0, 0.05) is 69.8 Å². The number of aromatic nitrogens is 3. The standard InChI is InChI=1S/C19H30N6/c1-15(2)18-17(14-24(4)22-18)13-20-12-16-6-5-7-21-19(16)25-10-8-23(3)9-11-25/h5-7,14-15,20H,8-13H2,1-4H3. The largest absolute Gasteiger partial charge is 0.354 e. The van der Waals surface area contributed by atoms with E-state index in [9.17, 15) is 0 Å². The SMILES string of the molecule is CC(C)c1nn(C)cc1CNCc1cccnc1N1CCN(C)CC1. The van der Waals surface area contributed by atoms with E-state index in [1.807, 2.05) is 24.0 Å². The highest BCUT2D eigenvalue weighted by atomic mass is 15.3. The summed E-state index contributed by atoms with van der Waals surface area (Å²) in [5.41, 5.74) is 3.73. The van der Waals surface area contributed by atoms with E-state index in [-0.39, 0.29) is 0 Å². The molecule has 3 heterocycles. The van der Waals surface area contributed by atoms with Crippen LogP contribution in [0.2, 0.25) is 0 Å². The van der Waals surface area contributed by atoms with Crippen molar-refractivity contribution in [3.8, 4) is 0 Å². The molecule has 0 saturated carbocycles. The zero-order chi connectivity index (χ0) is 17.8. The fourth-order valence-corrected chi connectivity index (χ4v) is 3.38. The summed E-state index contributed by atoms with van der Waals surface area (Å²) in [4.78, 5) is 9.43. The van der Waals surface area contributed by atoms with E-state index in [0.717, 1.165) is 45.1 Å². The third-order valence-electron chi connectivity index (χ3n) is 4.79. The molecule has 0 aliphatic carbocycles. The fraction of sp³-hybridized carbons (Fsp3) is 0.579. The Balaban J connectivity index is 1.64. The van der Waals surface area contributed by atoms with Crippen molar-refractivity contribution in [3.05, 3.63) is 41.3 Å². The van der Waals surface area contributed by atoms with Gasteiger partial charge in [-0.05, 0) is 19.0 Å². The van der Waals surface area contributed by atoms with Crippen molar-refractivity contribution in [1.29, 1.82) is 0 Å². The van der Waals surface area contributed by atoms with E-state index < -0.39 is 0 Å². The summed E-state index contributed by atoms with van der Waals surface area (Å²) >= 11 is 0. The second-order valence-electron chi connectivity index (χ2n) is 7.25. The summed E-state index contributed by atoms with van der Waals surface area (Å²) in [6, 6.07) is 4.21. The Hall–Kier alpha value is -1.92. The molecule has 0 spiro atoms. The lowest BCUT2D eigenvalue weighted by atomic mass is 10.1. The lowest BCUT2D eigenvalue weighted by Crippen LogP contribution is -2.45. The molecule has 1 N–H and O–H groups in total. The van der Waals surface area contributed by atoms with Crippen molar-refractivity contribution in [3.63, 3.8) is 0 Å². The number of hydrogen-bond donors (Lipinski definition) is 1. The van der Waals surface area contributed by atoms with E-state index >= 15 is 0 Å². The molecule has 3 rings (SSSR count). The van der Waals surface area contributed by atoms with Crippen molar-refractivity contribution >= 4 is 5.82 Å². The van der Waals surface area contributed by atoms with Crippen LogP contribution < -0.4 is 10.2 Å². The Bertz CT molecular complexity index is 685. The number of likely N-dealkylation sites (N-methyl/N-ethyl adjacent to an activating group) is 1. The van der Waals surface area contributed by atoms with Gasteiger partial charge in [0.25, 0.3) is 0 Å². The van der Waals surface area contributed by atoms with Crippen LogP contribution in [0, 0.1) is 0 Å². The van der Waals surface area contributed by atoms with Gasteiger partial charge >= 0.3 is 0 Å². The second kappa shape index (κ2) is 7.97. The second-order valence-corrected chi connectivity index (χ2v) is 7.25. The smallest absolute Gasteiger partial charge is 0.133 e. The minimum Gasteiger partial charge on any atom is -0.354 e. The minimum absolute atomic E-state index is 0.442. The van der Waals surface area contributed by atoms with E-state index in [1.54, 1.807) is 0 Å². The van der Waals surface area contributed by atoms with Gasteiger partial charge in [-0.25, -0.2) is 4.98 Å². The van der Waals surface area contributed by atoms with Gasteiger partial charge in [-0.3, -0.25) is 4.68 Å². The zero-order valence-electron chi connectivity index (χ0n) is 15.9. The number of nitrogens with one attached hydrogen (secondary N) is 1. The average molecular weight is 342 g/mol. The highest BCUT2D eigenvalue weighted by molar-refractivity contribution is 5.47. The van der Waals surface area contributed by atoms with Gasteiger partial charge < -0.3 is 15.1 Å². The molecule has 6 heteroatoms. The molecule has 0 atom stereocenters. The molecule has 0 bridgehead atoms. The van der Waals surface area contributed by atoms with Gasteiger partial charge in [0.1, 0.15) is 5.82 Å². The van der Waals surface area contributed by atoms with Crippen molar-refractivity contribution in [2.75, 3.05) is 38.1 Å². The van der Waals surface area contributed by atoms with Crippen LogP contribution in [0.3, 0.4) is 0 Å². The summed E-state index contributed by atoms with van der Waals surface area (Å²) in [6.07, 6.45) is 4.02. The van der Waals surface area contributed by atoms with Gasteiger partial charge in [-0.1, -0.05) is 19.9 Å². The maximum atomic E-state index is 4.65. The Morgan fingerprint density at radius 2 is 1.80 bits per heavy atom. The summed E-state index contributed by atoms with van der Waals surface area (Å²) < 4.78 is 1.91. The Labute approximate surface area is 150 Å². The summed E-state index contributed by atoms with van der Waals surface area (Å²) in [7, 11) is 4.17. The molecule has 136 valence electrons. The molecule has 1 fully saturated rings. The van der Waals surface area contributed by atoms with Crippen LogP contribution in [0.15, 0.2) is 24.5 Å². The monoisotopic (exact) mass is 342 g/mol. The third kappa shape index (κ3) is 4.38. The Morgan fingerprint density at radius 1 is 1.08 bits per heavy atom. The number of anilines is 1. The highest BCUT2D eigenvalue weighted by Gasteiger charge is 2.18. The van der Waals surface area contributed by atoms with Crippen molar-refractivity contribution < 1.29 is 0 Å². The van der Waals surface area contributed by atoms with Crippen LogP contribution in [0.1, 0.15) is 36.6 Å². The minimum atomic E-state index is 0.442. The van der Waals surface area contributed by atoms with Gasteiger partial charge in [-0.2, -0.15) is 5.10 Å². The Morgan fingerprint density at radius 3 is 2.52 bits per heavy atom. The van der Waals surface area contributed by atoms with Crippen molar-refractivity contribution in [2.45, 2.75) is 32.9 Å². The number of aryl methyl sites for hydroxylation is 1. The zero-order valence-corrected chi connectivity index (χ0v) is 15.9. The van der Waals surface area contributed by atoms with Crippen LogP contribution in [-0.4, -0.2) is 52.9 Å².